The van der Waals surface area contributed by atoms with Crippen molar-refractivity contribution in [3.8, 4) is 12.0 Å². The van der Waals surface area contributed by atoms with Crippen LogP contribution in [0, 0.1) is 0 Å². The minimum atomic E-state index is -0.0333. The topological polar surface area (TPSA) is 91.7 Å². The molecule has 0 spiro atoms. The van der Waals surface area contributed by atoms with Crippen LogP contribution in [-0.4, -0.2) is 30.8 Å². The number of nitrogens with zero attached hydrogens (tertiary/aromatic N) is 5. The Kier molecular flexibility index (Phi) is 3.23. The van der Waals surface area contributed by atoms with Gasteiger partial charge >= 0.3 is 6.01 Å². The summed E-state index contributed by atoms with van der Waals surface area (Å²) in [5.41, 5.74) is 5.58. The molecule has 17 heavy (non-hydrogen) atoms. The Morgan fingerprint density at radius 2 is 2.12 bits per heavy atom. The van der Waals surface area contributed by atoms with E-state index in [0.29, 0.717) is 5.95 Å². The van der Waals surface area contributed by atoms with E-state index in [0.717, 1.165) is 4.47 Å². The minimum Gasteiger partial charge on any atom is -0.461 e. The molecule has 0 atom stereocenters. The SMILES string of the molecule is CC(C)Oc1nc(N)nc(-n2cc(Br)cn2)n1. The number of halogens is 1. The smallest absolute Gasteiger partial charge is 0.323 e. The first kappa shape index (κ1) is 11.8. The van der Waals surface area contributed by atoms with Crippen molar-refractivity contribution in [2.45, 2.75) is 20.0 Å². The fraction of sp³-hybridized carbons (Fsp3) is 0.333. The average molecular weight is 299 g/mol. The van der Waals surface area contributed by atoms with Crippen LogP contribution in [0.25, 0.3) is 5.95 Å². The van der Waals surface area contributed by atoms with Gasteiger partial charge < -0.3 is 10.5 Å². The number of nitrogen functional groups attached to an aromatic ring is 1. The standard InChI is InChI=1S/C9H11BrN6O/c1-5(2)17-9-14-7(11)13-8(15-9)16-4-6(10)3-12-16/h3-5H,1-2H3,(H2,11,13,14,15). The first-order valence-corrected chi connectivity index (χ1v) is 5.72. The Bertz CT molecular complexity index is 526. The lowest BCUT2D eigenvalue weighted by atomic mass is 10.5. The molecule has 0 unspecified atom stereocenters. The molecule has 0 bridgehead atoms. The molecule has 2 rings (SSSR count). The van der Waals surface area contributed by atoms with Gasteiger partial charge in [-0.1, -0.05) is 0 Å². The van der Waals surface area contributed by atoms with Crippen molar-refractivity contribution in [2.24, 2.45) is 0 Å². The molecule has 2 aromatic heterocycles. The predicted molar refractivity (Wildman–Crippen MR) is 64.8 cm³/mol. The molecule has 0 saturated heterocycles. The summed E-state index contributed by atoms with van der Waals surface area (Å²) in [7, 11) is 0. The zero-order chi connectivity index (χ0) is 12.4. The number of hydrogen-bond donors (Lipinski definition) is 1. The number of anilines is 1. The molecule has 7 nitrogen and oxygen atoms in total. The van der Waals surface area contributed by atoms with Crippen molar-refractivity contribution in [1.82, 2.24) is 24.7 Å². The first-order valence-electron chi connectivity index (χ1n) is 4.93. The van der Waals surface area contributed by atoms with E-state index in [1.807, 2.05) is 13.8 Å². The van der Waals surface area contributed by atoms with E-state index >= 15 is 0 Å². The molecule has 0 fully saturated rings. The number of aromatic nitrogens is 5. The molecule has 90 valence electrons. The van der Waals surface area contributed by atoms with E-state index in [1.54, 1.807) is 12.4 Å². The first-order chi connectivity index (χ1) is 8.04. The summed E-state index contributed by atoms with van der Waals surface area (Å²) in [6, 6.07) is 0.189. The third-order valence-electron chi connectivity index (χ3n) is 1.72. The summed E-state index contributed by atoms with van der Waals surface area (Å²) in [4.78, 5) is 12.0. The van der Waals surface area contributed by atoms with E-state index in [4.69, 9.17) is 10.5 Å². The fourth-order valence-corrected chi connectivity index (χ4v) is 1.42. The van der Waals surface area contributed by atoms with E-state index in [2.05, 4.69) is 36.0 Å². The fourth-order valence-electron chi connectivity index (χ4n) is 1.14. The van der Waals surface area contributed by atoms with Crippen molar-refractivity contribution in [1.29, 1.82) is 0 Å². The van der Waals surface area contributed by atoms with Crippen molar-refractivity contribution in [2.75, 3.05) is 5.73 Å². The Labute approximate surface area is 106 Å². The highest BCUT2D eigenvalue weighted by Crippen LogP contribution is 2.13. The van der Waals surface area contributed by atoms with Crippen LogP contribution in [0.1, 0.15) is 13.8 Å². The van der Waals surface area contributed by atoms with E-state index < -0.39 is 0 Å². The van der Waals surface area contributed by atoms with Gasteiger partial charge in [-0.25, -0.2) is 4.68 Å². The normalized spacial score (nSPS) is 10.8. The molecule has 0 aromatic carbocycles. The largest absolute Gasteiger partial charge is 0.461 e. The highest BCUT2D eigenvalue weighted by atomic mass is 79.9. The lowest BCUT2D eigenvalue weighted by molar-refractivity contribution is 0.221. The second-order valence-electron chi connectivity index (χ2n) is 3.55. The maximum Gasteiger partial charge on any atom is 0.323 e. The predicted octanol–water partition coefficient (Wildman–Crippen LogP) is 1.19. The van der Waals surface area contributed by atoms with Gasteiger partial charge in [0.1, 0.15) is 0 Å². The molecule has 0 aliphatic rings. The van der Waals surface area contributed by atoms with Crippen LogP contribution < -0.4 is 10.5 Å². The Balaban J connectivity index is 2.37. The van der Waals surface area contributed by atoms with Crippen molar-refractivity contribution >= 4 is 21.9 Å². The van der Waals surface area contributed by atoms with Crippen LogP contribution in [-0.2, 0) is 0 Å². The number of nitrogens with two attached hydrogens (primary N) is 1. The van der Waals surface area contributed by atoms with Crippen molar-refractivity contribution in [3.05, 3.63) is 16.9 Å². The lowest BCUT2D eigenvalue weighted by Gasteiger charge is -2.08. The van der Waals surface area contributed by atoms with Crippen molar-refractivity contribution in [3.63, 3.8) is 0 Å². The van der Waals surface area contributed by atoms with Crippen LogP contribution in [0.2, 0.25) is 0 Å². The summed E-state index contributed by atoms with van der Waals surface area (Å²) < 4.78 is 7.67. The molecular formula is C9H11BrN6O. The molecule has 0 saturated carbocycles. The monoisotopic (exact) mass is 298 g/mol. The molecule has 0 aliphatic heterocycles. The van der Waals surface area contributed by atoms with Crippen LogP contribution in [0.4, 0.5) is 5.95 Å². The van der Waals surface area contributed by atoms with E-state index in [1.165, 1.54) is 4.68 Å². The quantitative estimate of drug-likeness (QED) is 0.915. The number of ether oxygens (including phenoxy) is 1. The molecule has 0 radical (unpaired) electrons. The zero-order valence-corrected chi connectivity index (χ0v) is 10.9. The second kappa shape index (κ2) is 4.66. The maximum absolute atomic E-state index is 5.58. The average Bonchev–Trinajstić information content (AvgIpc) is 2.62. The van der Waals surface area contributed by atoms with Gasteiger partial charge in [-0.05, 0) is 29.8 Å². The lowest BCUT2D eigenvalue weighted by Crippen LogP contribution is -2.13. The third-order valence-corrected chi connectivity index (χ3v) is 2.13. The molecule has 2 N–H and O–H groups in total. The van der Waals surface area contributed by atoms with Crippen LogP contribution in [0.5, 0.6) is 6.01 Å². The van der Waals surface area contributed by atoms with Crippen LogP contribution >= 0.6 is 15.9 Å². The van der Waals surface area contributed by atoms with Gasteiger partial charge in [-0.15, -0.1) is 0 Å². The summed E-state index contributed by atoms with van der Waals surface area (Å²) >= 11 is 3.29. The van der Waals surface area contributed by atoms with Crippen molar-refractivity contribution < 1.29 is 4.74 Å². The molecule has 8 heteroatoms. The Morgan fingerprint density at radius 1 is 1.35 bits per heavy atom. The zero-order valence-electron chi connectivity index (χ0n) is 9.33. The third kappa shape index (κ3) is 2.90. The van der Waals surface area contributed by atoms with E-state index in [9.17, 15) is 0 Å². The molecule has 2 aromatic rings. The molecule has 0 aliphatic carbocycles. The van der Waals surface area contributed by atoms with Gasteiger partial charge in [-0.2, -0.15) is 20.1 Å². The second-order valence-corrected chi connectivity index (χ2v) is 4.46. The van der Waals surface area contributed by atoms with Gasteiger partial charge in [0.2, 0.25) is 5.95 Å². The molecule has 2 heterocycles. The Hall–Kier alpha value is -1.70. The van der Waals surface area contributed by atoms with Gasteiger partial charge in [0.05, 0.1) is 16.8 Å². The Morgan fingerprint density at radius 3 is 2.71 bits per heavy atom. The van der Waals surface area contributed by atoms with Gasteiger partial charge in [-0.3, -0.25) is 0 Å². The highest BCUT2D eigenvalue weighted by Gasteiger charge is 2.09. The minimum absolute atomic E-state index is 0.0333. The number of hydrogen-bond acceptors (Lipinski definition) is 6. The summed E-state index contributed by atoms with van der Waals surface area (Å²) in [6.45, 7) is 3.76. The molecular weight excluding hydrogens is 288 g/mol. The summed E-state index contributed by atoms with van der Waals surface area (Å²) in [5.74, 6) is 0.413. The highest BCUT2D eigenvalue weighted by molar-refractivity contribution is 9.10. The summed E-state index contributed by atoms with van der Waals surface area (Å²) in [5, 5.41) is 4.05. The van der Waals surface area contributed by atoms with E-state index in [-0.39, 0.29) is 18.1 Å². The molecule has 0 amide bonds. The van der Waals surface area contributed by atoms with Crippen LogP contribution in [0.3, 0.4) is 0 Å². The van der Waals surface area contributed by atoms with Gasteiger partial charge in [0, 0.05) is 6.20 Å². The van der Waals surface area contributed by atoms with Gasteiger partial charge in [0.15, 0.2) is 0 Å². The van der Waals surface area contributed by atoms with Gasteiger partial charge in [0.25, 0.3) is 5.95 Å². The van der Waals surface area contributed by atoms with Crippen LogP contribution in [0.15, 0.2) is 16.9 Å². The maximum atomic E-state index is 5.58. The summed E-state index contributed by atoms with van der Waals surface area (Å²) in [6.07, 6.45) is 3.31. The number of rotatable bonds is 3.